The molecule has 0 aliphatic carbocycles. The summed E-state index contributed by atoms with van der Waals surface area (Å²) in [6.07, 6.45) is 3.98. The fourth-order valence-corrected chi connectivity index (χ4v) is 3.28. The van der Waals surface area contributed by atoms with E-state index in [4.69, 9.17) is 5.73 Å². The Balaban J connectivity index is 1.83. The predicted molar refractivity (Wildman–Crippen MR) is 54.5 cm³/mol. The van der Waals surface area contributed by atoms with Crippen molar-refractivity contribution in [1.29, 1.82) is 0 Å². The quantitative estimate of drug-likeness (QED) is 0.660. The first kappa shape index (κ1) is 8.85. The predicted octanol–water partition coefficient (Wildman–Crippen LogP) is 0.915. The molecule has 0 aromatic heterocycles. The second kappa shape index (κ2) is 3.99. The van der Waals surface area contributed by atoms with Crippen LogP contribution in [0.5, 0.6) is 0 Å². The van der Waals surface area contributed by atoms with Gasteiger partial charge in [-0.2, -0.15) is 11.8 Å². The summed E-state index contributed by atoms with van der Waals surface area (Å²) >= 11 is 2.10. The van der Waals surface area contributed by atoms with Crippen LogP contribution in [-0.2, 0) is 0 Å². The number of hydrogen-bond acceptors (Lipinski definition) is 3. The first-order valence-electron chi connectivity index (χ1n) is 4.93. The maximum Gasteiger partial charge on any atom is 0.0180 e. The maximum absolute atomic E-state index is 5.88. The molecule has 70 valence electrons. The zero-order valence-corrected chi connectivity index (χ0v) is 8.35. The highest BCUT2D eigenvalue weighted by atomic mass is 32.2. The highest BCUT2D eigenvalue weighted by Gasteiger charge is 2.26. The van der Waals surface area contributed by atoms with Crippen LogP contribution in [0.1, 0.15) is 19.3 Å². The molecular weight excluding hydrogens is 168 g/mol. The van der Waals surface area contributed by atoms with E-state index >= 15 is 0 Å². The minimum absolute atomic E-state index is 0.458. The number of nitrogens with two attached hydrogens (primary N) is 1. The topological polar surface area (TPSA) is 29.3 Å². The van der Waals surface area contributed by atoms with Gasteiger partial charge in [-0.1, -0.05) is 0 Å². The molecule has 0 unspecified atom stereocenters. The van der Waals surface area contributed by atoms with Gasteiger partial charge in [-0.25, -0.2) is 0 Å². The van der Waals surface area contributed by atoms with Crippen molar-refractivity contribution < 1.29 is 0 Å². The Bertz CT molecular complexity index is 143. The molecule has 2 rings (SSSR count). The average molecular weight is 186 g/mol. The maximum atomic E-state index is 5.88. The van der Waals surface area contributed by atoms with Crippen molar-refractivity contribution in [1.82, 2.24) is 4.90 Å². The van der Waals surface area contributed by atoms with Crippen LogP contribution in [0.4, 0.5) is 0 Å². The zero-order chi connectivity index (χ0) is 8.39. The average Bonchev–Trinajstić information content (AvgIpc) is 2.54. The number of hydrogen-bond donors (Lipinski definition) is 1. The number of rotatable bonds is 1. The molecular formula is C9H18N2S. The van der Waals surface area contributed by atoms with Gasteiger partial charge in [0.15, 0.2) is 0 Å². The molecule has 0 radical (unpaired) electrons. The van der Waals surface area contributed by atoms with E-state index in [-0.39, 0.29) is 0 Å². The molecule has 3 heteroatoms. The van der Waals surface area contributed by atoms with Gasteiger partial charge in [0.2, 0.25) is 0 Å². The van der Waals surface area contributed by atoms with Crippen molar-refractivity contribution in [2.45, 2.75) is 31.3 Å². The smallest absolute Gasteiger partial charge is 0.0180 e. The lowest BCUT2D eigenvalue weighted by atomic mass is 10.1. The van der Waals surface area contributed by atoms with E-state index in [2.05, 4.69) is 16.7 Å². The van der Waals surface area contributed by atoms with Gasteiger partial charge < -0.3 is 5.73 Å². The van der Waals surface area contributed by atoms with Crippen molar-refractivity contribution >= 4 is 11.8 Å². The van der Waals surface area contributed by atoms with Gasteiger partial charge in [-0.15, -0.1) is 0 Å². The third kappa shape index (κ3) is 1.95. The molecule has 0 aromatic rings. The fourth-order valence-electron chi connectivity index (χ4n) is 2.20. The van der Waals surface area contributed by atoms with Crippen molar-refractivity contribution in [3.05, 3.63) is 0 Å². The Labute approximate surface area is 78.9 Å². The van der Waals surface area contributed by atoms with Gasteiger partial charge in [0.25, 0.3) is 0 Å². The van der Waals surface area contributed by atoms with Crippen LogP contribution < -0.4 is 5.73 Å². The van der Waals surface area contributed by atoms with Crippen LogP contribution in [0.15, 0.2) is 0 Å². The van der Waals surface area contributed by atoms with Crippen LogP contribution in [0.25, 0.3) is 0 Å². The van der Waals surface area contributed by atoms with Crippen LogP contribution in [0.3, 0.4) is 0 Å². The molecule has 2 fully saturated rings. The first-order valence-corrected chi connectivity index (χ1v) is 6.09. The molecule has 2 aliphatic rings. The molecule has 12 heavy (non-hydrogen) atoms. The monoisotopic (exact) mass is 186 g/mol. The third-order valence-electron chi connectivity index (χ3n) is 2.96. The van der Waals surface area contributed by atoms with Gasteiger partial charge in [0.1, 0.15) is 0 Å². The SMILES string of the molecule is N[C@@H]1CCN(C2CCSCC2)C1. The van der Waals surface area contributed by atoms with Crippen LogP contribution in [0.2, 0.25) is 0 Å². The lowest BCUT2D eigenvalue weighted by Gasteiger charge is -2.30. The summed E-state index contributed by atoms with van der Waals surface area (Å²) in [5.41, 5.74) is 5.88. The lowest BCUT2D eigenvalue weighted by Crippen LogP contribution is -2.37. The molecule has 0 spiro atoms. The molecule has 2 aliphatic heterocycles. The largest absolute Gasteiger partial charge is 0.326 e. The normalized spacial score (nSPS) is 34.2. The van der Waals surface area contributed by atoms with E-state index in [1.54, 1.807) is 0 Å². The Kier molecular flexibility index (Phi) is 2.94. The standard InChI is InChI=1S/C9H18N2S/c10-8-1-4-11(7-8)9-2-5-12-6-3-9/h8-9H,1-7,10H2/t8-/m1/s1. The number of nitrogens with zero attached hydrogens (tertiary/aromatic N) is 1. The number of thioether (sulfide) groups is 1. The summed E-state index contributed by atoms with van der Waals surface area (Å²) in [4.78, 5) is 2.60. The van der Waals surface area contributed by atoms with Crippen LogP contribution in [-0.4, -0.2) is 41.6 Å². The first-order chi connectivity index (χ1) is 5.86. The molecule has 2 saturated heterocycles. The second-order valence-electron chi connectivity index (χ2n) is 3.89. The summed E-state index contributed by atoms with van der Waals surface area (Å²) in [5, 5.41) is 0. The highest BCUT2D eigenvalue weighted by molar-refractivity contribution is 7.99. The van der Waals surface area contributed by atoms with Gasteiger partial charge >= 0.3 is 0 Å². The highest BCUT2D eigenvalue weighted by Crippen LogP contribution is 2.24. The Morgan fingerprint density at radius 3 is 2.50 bits per heavy atom. The molecule has 0 saturated carbocycles. The van der Waals surface area contributed by atoms with Gasteiger partial charge in [0.05, 0.1) is 0 Å². The summed E-state index contributed by atoms with van der Waals surface area (Å²) in [6.45, 7) is 2.39. The van der Waals surface area contributed by atoms with E-state index in [9.17, 15) is 0 Å². The molecule has 0 aromatic carbocycles. The van der Waals surface area contributed by atoms with Crippen molar-refractivity contribution in [2.24, 2.45) is 5.73 Å². The fraction of sp³-hybridized carbons (Fsp3) is 1.00. The van der Waals surface area contributed by atoms with E-state index in [1.165, 1.54) is 37.3 Å². The molecule has 0 amide bonds. The summed E-state index contributed by atoms with van der Waals surface area (Å²) in [5.74, 6) is 2.72. The summed E-state index contributed by atoms with van der Waals surface area (Å²) in [6, 6.07) is 1.32. The Morgan fingerprint density at radius 2 is 1.92 bits per heavy atom. The van der Waals surface area contributed by atoms with Gasteiger partial charge in [0, 0.05) is 25.2 Å². The minimum atomic E-state index is 0.458. The van der Waals surface area contributed by atoms with Gasteiger partial charge in [-0.05, 0) is 30.8 Å². The van der Waals surface area contributed by atoms with E-state index < -0.39 is 0 Å². The zero-order valence-electron chi connectivity index (χ0n) is 7.54. The van der Waals surface area contributed by atoms with Crippen molar-refractivity contribution in [2.75, 3.05) is 24.6 Å². The molecule has 2 heterocycles. The third-order valence-corrected chi connectivity index (χ3v) is 4.01. The second-order valence-corrected chi connectivity index (χ2v) is 5.11. The molecule has 2 nitrogen and oxygen atoms in total. The Morgan fingerprint density at radius 1 is 1.17 bits per heavy atom. The number of likely N-dealkylation sites (tertiary alicyclic amines) is 1. The summed E-state index contributed by atoms with van der Waals surface area (Å²) in [7, 11) is 0. The molecule has 2 N–H and O–H groups in total. The van der Waals surface area contributed by atoms with Crippen molar-refractivity contribution in [3.63, 3.8) is 0 Å². The van der Waals surface area contributed by atoms with Crippen molar-refractivity contribution in [3.8, 4) is 0 Å². The van der Waals surface area contributed by atoms with E-state index in [0.717, 1.165) is 12.6 Å². The van der Waals surface area contributed by atoms with Gasteiger partial charge in [-0.3, -0.25) is 4.90 Å². The lowest BCUT2D eigenvalue weighted by molar-refractivity contribution is 0.227. The summed E-state index contributed by atoms with van der Waals surface area (Å²) < 4.78 is 0. The van der Waals surface area contributed by atoms with E-state index in [1.807, 2.05) is 0 Å². The molecule has 1 atom stereocenters. The molecule has 0 bridgehead atoms. The van der Waals surface area contributed by atoms with Crippen LogP contribution >= 0.6 is 11.8 Å². The van der Waals surface area contributed by atoms with E-state index in [0.29, 0.717) is 6.04 Å². The van der Waals surface area contributed by atoms with Crippen LogP contribution in [0, 0.1) is 0 Å². The minimum Gasteiger partial charge on any atom is -0.326 e. The Hall–Kier alpha value is 0.270.